The Bertz CT molecular complexity index is 688. The molecule has 0 unspecified atom stereocenters. The Morgan fingerprint density at radius 3 is 2.59 bits per heavy atom. The Kier molecular flexibility index (Phi) is 5.22. The van der Waals surface area contributed by atoms with Gasteiger partial charge in [0.25, 0.3) is 11.8 Å². The fourth-order valence-electron chi connectivity index (χ4n) is 1.54. The molecule has 22 heavy (non-hydrogen) atoms. The lowest BCUT2D eigenvalue weighted by Crippen LogP contribution is -2.17. The fraction of sp³-hybridized carbons (Fsp3) is 0. The van der Waals surface area contributed by atoms with Gasteiger partial charge >= 0.3 is 0 Å². The van der Waals surface area contributed by atoms with Crippen LogP contribution in [0.4, 0.5) is 0 Å². The third-order valence-electron chi connectivity index (χ3n) is 2.61. The first-order chi connectivity index (χ1) is 10.7. The molecule has 0 saturated carbocycles. The van der Waals surface area contributed by atoms with Gasteiger partial charge in [-0.1, -0.05) is 12.1 Å². The van der Waals surface area contributed by atoms with E-state index in [2.05, 4.69) is 10.5 Å². The van der Waals surface area contributed by atoms with Gasteiger partial charge in [-0.15, -0.1) is 0 Å². The van der Waals surface area contributed by atoms with Crippen LogP contribution < -0.4 is 10.9 Å². The number of benzene rings is 1. The van der Waals surface area contributed by atoms with Gasteiger partial charge in [-0.3, -0.25) is 14.8 Å². The molecule has 1 aromatic carbocycles. The zero-order valence-corrected chi connectivity index (χ0v) is 11.4. The zero-order chi connectivity index (χ0) is 15.8. The third kappa shape index (κ3) is 4.43. The number of hydrogen-bond acceptors (Lipinski definition) is 5. The first-order valence-corrected chi connectivity index (χ1v) is 6.28. The molecular weight excluding hydrogens is 286 g/mol. The second-order valence-electron chi connectivity index (χ2n) is 4.15. The lowest BCUT2D eigenvalue weighted by Gasteiger charge is -2.00. The molecular formula is C15H13N3O4. The van der Waals surface area contributed by atoms with Crippen LogP contribution >= 0.6 is 0 Å². The Hall–Kier alpha value is -3.19. The summed E-state index contributed by atoms with van der Waals surface area (Å²) in [4.78, 5) is 22.7. The van der Waals surface area contributed by atoms with Gasteiger partial charge in [0.15, 0.2) is 0 Å². The molecule has 2 rings (SSSR count). The van der Waals surface area contributed by atoms with Crippen molar-refractivity contribution in [2.45, 2.75) is 0 Å². The smallest absolute Gasteiger partial charge is 0.271 e. The number of hydroxylamine groups is 1. The van der Waals surface area contributed by atoms with Gasteiger partial charge in [-0.2, -0.15) is 5.10 Å². The molecule has 2 amide bonds. The molecule has 1 heterocycles. The van der Waals surface area contributed by atoms with Crippen LogP contribution in [0.15, 0.2) is 58.3 Å². The Morgan fingerprint density at radius 2 is 1.95 bits per heavy atom. The van der Waals surface area contributed by atoms with Gasteiger partial charge in [-0.05, 0) is 35.9 Å². The Labute approximate surface area is 125 Å². The standard InChI is InChI=1S/C15H13N3O4/c19-14(18-21)8-5-11-3-6-12(7-4-11)15(20)17-16-10-13-2-1-9-22-13/h1-10,21H,(H,17,20)(H,18,19)/b8-5+,16-10+. The topological polar surface area (TPSA) is 104 Å². The van der Waals surface area contributed by atoms with Crippen molar-refractivity contribution in [2.24, 2.45) is 5.10 Å². The number of carbonyl (C=O) groups excluding carboxylic acids is 2. The zero-order valence-electron chi connectivity index (χ0n) is 11.4. The molecule has 0 radical (unpaired) electrons. The van der Waals surface area contributed by atoms with E-state index in [1.165, 1.54) is 30.1 Å². The van der Waals surface area contributed by atoms with Gasteiger partial charge in [0.1, 0.15) is 5.76 Å². The molecule has 0 aliphatic heterocycles. The molecule has 3 N–H and O–H groups in total. The van der Waals surface area contributed by atoms with E-state index in [0.29, 0.717) is 16.9 Å². The van der Waals surface area contributed by atoms with Crippen molar-refractivity contribution in [1.29, 1.82) is 0 Å². The second kappa shape index (κ2) is 7.55. The lowest BCUT2D eigenvalue weighted by atomic mass is 10.1. The van der Waals surface area contributed by atoms with Gasteiger partial charge in [0, 0.05) is 11.6 Å². The quantitative estimate of drug-likeness (QED) is 0.337. The molecule has 0 aliphatic rings. The maximum atomic E-state index is 11.8. The first-order valence-electron chi connectivity index (χ1n) is 6.28. The summed E-state index contributed by atoms with van der Waals surface area (Å²) in [5.74, 6) is -0.469. The predicted molar refractivity (Wildman–Crippen MR) is 79.2 cm³/mol. The van der Waals surface area contributed by atoms with Crippen LogP contribution in [0.25, 0.3) is 6.08 Å². The number of hydrazone groups is 1. The second-order valence-corrected chi connectivity index (χ2v) is 4.15. The van der Waals surface area contributed by atoms with E-state index < -0.39 is 5.91 Å². The normalized spacial score (nSPS) is 11.0. The van der Waals surface area contributed by atoms with Crippen LogP contribution in [0.1, 0.15) is 21.7 Å². The van der Waals surface area contributed by atoms with Crippen LogP contribution in [0.5, 0.6) is 0 Å². The number of amides is 2. The number of nitrogens with one attached hydrogen (secondary N) is 2. The number of carbonyl (C=O) groups is 2. The van der Waals surface area contributed by atoms with Crippen molar-refractivity contribution in [1.82, 2.24) is 10.9 Å². The number of furan rings is 1. The summed E-state index contributed by atoms with van der Waals surface area (Å²) in [6, 6.07) is 9.92. The minimum atomic E-state index is -0.630. The maximum absolute atomic E-state index is 11.8. The Balaban J connectivity index is 1.93. The summed E-state index contributed by atoms with van der Waals surface area (Å²) < 4.78 is 5.03. The highest BCUT2D eigenvalue weighted by atomic mass is 16.5. The molecule has 0 atom stereocenters. The minimum absolute atomic E-state index is 0.369. The van der Waals surface area contributed by atoms with E-state index in [-0.39, 0.29) is 5.91 Å². The highest BCUT2D eigenvalue weighted by molar-refractivity contribution is 5.95. The molecule has 0 spiro atoms. The molecule has 0 aliphatic carbocycles. The van der Waals surface area contributed by atoms with Crippen LogP contribution in [0.2, 0.25) is 0 Å². The molecule has 0 bridgehead atoms. The molecule has 2 aromatic rings. The third-order valence-corrected chi connectivity index (χ3v) is 2.61. The number of nitrogens with zero attached hydrogens (tertiary/aromatic N) is 1. The van der Waals surface area contributed by atoms with E-state index in [1.807, 2.05) is 0 Å². The monoisotopic (exact) mass is 299 g/mol. The number of hydrogen-bond donors (Lipinski definition) is 3. The Morgan fingerprint density at radius 1 is 1.18 bits per heavy atom. The van der Waals surface area contributed by atoms with Crippen molar-refractivity contribution in [3.8, 4) is 0 Å². The fourth-order valence-corrected chi connectivity index (χ4v) is 1.54. The van der Waals surface area contributed by atoms with Gasteiger partial charge in [0.2, 0.25) is 0 Å². The van der Waals surface area contributed by atoms with E-state index in [9.17, 15) is 9.59 Å². The SMILES string of the molecule is O=C(/C=C/c1ccc(C(=O)N/N=C/c2ccco2)cc1)NO. The average molecular weight is 299 g/mol. The van der Waals surface area contributed by atoms with Gasteiger partial charge < -0.3 is 4.42 Å². The molecule has 0 saturated heterocycles. The average Bonchev–Trinajstić information content (AvgIpc) is 3.06. The van der Waals surface area contributed by atoms with Crippen molar-refractivity contribution in [2.75, 3.05) is 0 Å². The van der Waals surface area contributed by atoms with Crippen LogP contribution in [-0.4, -0.2) is 23.2 Å². The molecule has 7 heteroatoms. The van der Waals surface area contributed by atoms with E-state index in [0.717, 1.165) is 0 Å². The van der Waals surface area contributed by atoms with Crippen LogP contribution in [-0.2, 0) is 4.79 Å². The summed E-state index contributed by atoms with van der Waals surface area (Å²) in [6.07, 6.45) is 5.57. The van der Waals surface area contributed by atoms with Crippen LogP contribution in [0.3, 0.4) is 0 Å². The summed E-state index contributed by atoms with van der Waals surface area (Å²) in [7, 11) is 0. The lowest BCUT2D eigenvalue weighted by molar-refractivity contribution is -0.124. The van der Waals surface area contributed by atoms with Crippen molar-refractivity contribution < 1.29 is 19.2 Å². The largest absolute Gasteiger partial charge is 0.463 e. The highest BCUT2D eigenvalue weighted by Crippen LogP contribution is 2.06. The summed E-state index contributed by atoms with van der Waals surface area (Å²) >= 11 is 0. The summed E-state index contributed by atoms with van der Waals surface area (Å²) in [5, 5.41) is 12.1. The van der Waals surface area contributed by atoms with E-state index in [4.69, 9.17) is 9.62 Å². The highest BCUT2D eigenvalue weighted by Gasteiger charge is 2.03. The molecule has 7 nitrogen and oxygen atoms in total. The minimum Gasteiger partial charge on any atom is -0.463 e. The van der Waals surface area contributed by atoms with Crippen molar-refractivity contribution >= 4 is 24.1 Å². The van der Waals surface area contributed by atoms with Gasteiger partial charge in [0.05, 0.1) is 12.5 Å². The molecule has 1 aromatic heterocycles. The molecule has 0 fully saturated rings. The van der Waals surface area contributed by atoms with Crippen LogP contribution in [0, 0.1) is 0 Å². The van der Waals surface area contributed by atoms with E-state index in [1.54, 1.807) is 36.4 Å². The predicted octanol–water partition coefficient (Wildman–Crippen LogP) is 1.56. The molecule has 112 valence electrons. The summed E-state index contributed by atoms with van der Waals surface area (Å²) in [6.45, 7) is 0. The number of rotatable bonds is 5. The maximum Gasteiger partial charge on any atom is 0.271 e. The first kappa shape index (κ1) is 15.2. The van der Waals surface area contributed by atoms with Crippen molar-refractivity contribution in [3.63, 3.8) is 0 Å². The van der Waals surface area contributed by atoms with Crippen molar-refractivity contribution in [3.05, 3.63) is 65.6 Å². The van der Waals surface area contributed by atoms with Gasteiger partial charge in [-0.25, -0.2) is 10.9 Å². The summed E-state index contributed by atoms with van der Waals surface area (Å²) in [5.41, 5.74) is 4.98. The van der Waals surface area contributed by atoms with E-state index >= 15 is 0 Å².